The zero-order valence-electron chi connectivity index (χ0n) is 11.4. The number of nitrogens with one attached hydrogen (secondary N) is 1. The highest BCUT2D eigenvalue weighted by Gasteiger charge is 2.23. The van der Waals surface area contributed by atoms with Gasteiger partial charge in [-0.15, -0.1) is 0 Å². The van der Waals surface area contributed by atoms with Crippen LogP contribution in [0.2, 0.25) is 5.02 Å². The summed E-state index contributed by atoms with van der Waals surface area (Å²) >= 11 is 6.02. The number of halogens is 1. The Morgan fingerprint density at radius 3 is 2.81 bits per heavy atom. The van der Waals surface area contributed by atoms with Crippen LogP contribution in [-0.2, 0) is 6.54 Å². The quantitative estimate of drug-likeness (QED) is 0.908. The van der Waals surface area contributed by atoms with Gasteiger partial charge in [-0.1, -0.05) is 11.6 Å². The van der Waals surface area contributed by atoms with Gasteiger partial charge >= 0.3 is 0 Å². The van der Waals surface area contributed by atoms with Crippen LogP contribution in [-0.4, -0.2) is 62.1 Å². The first kappa shape index (κ1) is 14.0. The van der Waals surface area contributed by atoms with Crippen LogP contribution in [0.3, 0.4) is 0 Å². The van der Waals surface area contributed by atoms with E-state index in [0.29, 0.717) is 23.7 Å². The lowest BCUT2D eigenvalue weighted by Crippen LogP contribution is -2.48. The maximum Gasteiger partial charge on any atom is 0.255 e. The van der Waals surface area contributed by atoms with Crippen LogP contribution in [0.15, 0.2) is 24.8 Å². The summed E-state index contributed by atoms with van der Waals surface area (Å²) in [5, 5.41) is 7.07. The van der Waals surface area contributed by atoms with Gasteiger partial charge in [-0.3, -0.25) is 19.8 Å². The molecule has 0 aliphatic carbocycles. The maximum absolute atomic E-state index is 12.4. The van der Waals surface area contributed by atoms with E-state index >= 15 is 0 Å². The van der Waals surface area contributed by atoms with Crippen LogP contribution in [0, 0.1) is 0 Å². The molecule has 0 aromatic carbocycles. The second-order valence-electron chi connectivity index (χ2n) is 4.86. The average molecular weight is 307 g/mol. The topological polar surface area (TPSA) is 78.0 Å². The van der Waals surface area contributed by atoms with E-state index < -0.39 is 0 Å². The lowest BCUT2D eigenvalue weighted by atomic mass is 10.2. The van der Waals surface area contributed by atoms with Gasteiger partial charge in [0.1, 0.15) is 12.2 Å². The van der Waals surface area contributed by atoms with Crippen molar-refractivity contribution in [3.63, 3.8) is 0 Å². The third-order valence-electron chi connectivity index (χ3n) is 3.50. The Balaban J connectivity index is 1.58. The highest BCUT2D eigenvalue weighted by molar-refractivity contribution is 6.33. The van der Waals surface area contributed by atoms with Gasteiger partial charge in [-0.25, -0.2) is 4.98 Å². The van der Waals surface area contributed by atoms with Gasteiger partial charge in [0.15, 0.2) is 0 Å². The van der Waals surface area contributed by atoms with Gasteiger partial charge in [-0.2, -0.15) is 5.10 Å². The standard InChI is InChI=1S/C13H15ClN6O/c14-11-7-15-2-1-10(11)13(21)20-5-3-19(4-6-20)8-12-16-9-17-18-12/h1-2,7,9H,3-6,8H2,(H,16,17,18). The monoisotopic (exact) mass is 306 g/mol. The Morgan fingerprint density at radius 2 is 2.14 bits per heavy atom. The molecular weight excluding hydrogens is 292 g/mol. The highest BCUT2D eigenvalue weighted by Crippen LogP contribution is 2.17. The number of aromatic nitrogens is 4. The van der Waals surface area contributed by atoms with Crippen LogP contribution in [0.5, 0.6) is 0 Å². The number of hydrogen-bond donors (Lipinski definition) is 1. The number of carbonyl (C=O) groups excluding carboxylic acids is 1. The maximum atomic E-state index is 12.4. The zero-order chi connectivity index (χ0) is 14.7. The molecule has 7 nitrogen and oxygen atoms in total. The molecule has 1 amide bonds. The van der Waals surface area contributed by atoms with Crippen molar-refractivity contribution >= 4 is 17.5 Å². The third kappa shape index (κ3) is 3.20. The van der Waals surface area contributed by atoms with Gasteiger partial charge < -0.3 is 4.90 Å². The minimum absolute atomic E-state index is 0.0401. The molecule has 0 atom stereocenters. The van der Waals surface area contributed by atoms with Gasteiger partial charge in [0.25, 0.3) is 5.91 Å². The van der Waals surface area contributed by atoms with Crippen molar-refractivity contribution < 1.29 is 4.79 Å². The first-order valence-corrected chi connectivity index (χ1v) is 7.07. The van der Waals surface area contributed by atoms with Gasteiger partial charge in [0.05, 0.1) is 17.1 Å². The van der Waals surface area contributed by atoms with E-state index in [1.807, 2.05) is 4.90 Å². The molecule has 110 valence electrons. The first-order chi connectivity index (χ1) is 10.2. The molecule has 3 heterocycles. The largest absolute Gasteiger partial charge is 0.336 e. The fourth-order valence-electron chi connectivity index (χ4n) is 2.35. The molecule has 0 spiro atoms. The van der Waals surface area contributed by atoms with Crippen LogP contribution in [0.4, 0.5) is 0 Å². The van der Waals surface area contributed by atoms with E-state index in [2.05, 4.69) is 25.1 Å². The molecule has 3 rings (SSSR count). The van der Waals surface area contributed by atoms with Crippen molar-refractivity contribution in [3.8, 4) is 0 Å². The number of nitrogens with zero attached hydrogens (tertiary/aromatic N) is 5. The Morgan fingerprint density at radius 1 is 1.33 bits per heavy atom. The van der Waals surface area contributed by atoms with E-state index in [-0.39, 0.29) is 5.91 Å². The molecule has 1 fully saturated rings. The van der Waals surface area contributed by atoms with E-state index in [4.69, 9.17) is 11.6 Å². The molecular formula is C13H15ClN6O. The second-order valence-corrected chi connectivity index (χ2v) is 5.26. The van der Waals surface area contributed by atoms with Crippen molar-refractivity contribution in [2.45, 2.75) is 6.54 Å². The molecule has 0 unspecified atom stereocenters. The summed E-state index contributed by atoms with van der Waals surface area (Å²) in [4.78, 5) is 24.5. The van der Waals surface area contributed by atoms with Gasteiger partial charge in [0, 0.05) is 38.6 Å². The number of amides is 1. The number of rotatable bonds is 3. The third-order valence-corrected chi connectivity index (χ3v) is 3.80. The molecule has 1 aliphatic rings. The van der Waals surface area contributed by atoms with Crippen LogP contribution in [0.1, 0.15) is 16.2 Å². The van der Waals surface area contributed by atoms with E-state index in [1.54, 1.807) is 12.3 Å². The van der Waals surface area contributed by atoms with Crippen molar-refractivity contribution in [2.24, 2.45) is 0 Å². The summed E-state index contributed by atoms with van der Waals surface area (Å²) < 4.78 is 0. The van der Waals surface area contributed by atoms with E-state index in [1.165, 1.54) is 12.5 Å². The molecule has 1 saturated heterocycles. The molecule has 0 bridgehead atoms. The predicted octanol–water partition coefficient (Wildman–Crippen LogP) is 0.811. The van der Waals surface area contributed by atoms with E-state index in [9.17, 15) is 4.79 Å². The van der Waals surface area contributed by atoms with Gasteiger partial charge in [-0.05, 0) is 6.07 Å². The molecule has 1 aliphatic heterocycles. The molecule has 0 radical (unpaired) electrons. The van der Waals surface area contributed by atoms with Crippen LogP contribution in [0.25, 0.3) is 0 Å². The molecule has 21 heavy (non-hydrogen) atoms. The number of piperazine rings is 1. The fourth-order valence-corrected chi connectivity index (χ4v) is 2.55. The molecule has 0 saturated carbocycles. The summed E-state index contributed by atoms with van der Waals surface area (Å²) in [6, 6.07) is 1.66. The van der Waals surface area contributed by atoms with Crippen molar-refractivity contribution in [2.75, 3.05) is 26.2 Å². The Hall–Kier alpha value is -1.99. The second kappa shape index (κ2) is 6.19. The smallest absolute Gasteiger partial charge is 0.255 e. The normalized spacial score (nSPS) is 16.1. The lowest BCUT2D eigenvalue weighted by molar-refractivity contribution is 0.0625. The minimum atomic E-state index is -0.0401. The SMILES string of the molecule is O=C(c1ccncc1Cl)N1CCN(Cc2ncn[nH]2)CC1. The summed E-state index contributed by atoms with van der Waals surface area (Å²) in [5.41, 5.74) is 0.510. The number of pyridine rings is 1. The summed E-state index contributed by atoms with van der Waals surface area (Å²) in [5.74, 6) is 0.800. The molecule has 1 N–H and O–H groups in total. The fraction of sp³-hybridized carbons (Fsp3) is 0.385. The minimum Gasteiger partial charge on any atom is -0.336 e. The van der Waals surface area contributed by atoms with Crippen molar-refractivity contribution in [3.05, 3.63) is 41.2 Å². The Bertz CT molecular complexity index is 609. The lowest BCUT2D eigenvalue weighted by Gasteiger charge is -2.34. The van der Waals surface area contributed by atoms with E-state index in [0.717, 1.165) is 25.5 Å². The molecule has 2 aromatic rings. The zero-order valence-corrected chi connectivity index (χ0v) is 12.1. The molecule has 2 aromatic heterocycles. The predicted molar refractivity (Wildman–Crippen MR) is 76.8 cm³/mol. The van der Waals surface area contributed by atoms with Crippen LogP contribution < -0.4 is 0 Å². The number of H-pyrrole nitrogens is 1. The average Bonchev–Trinajstić information content (AvgIpc) is 3.01. The highest BCUT2D eigenvalue weighted by atomic mass is 35.5. The Labute approximate surface area is 126 Å². The summed E-state index contributed by atoms with van der Waals surface area (Å²) in [6.45, 7) is 3.67. The van der Waals surface area contributed by atoms with Crippen LogP contribution >= 0.6 is 11.6 Å². The molecule has 8 heteroatoms. The Kier molecular flexibility index (Phi) is 4.12. The number of aromatic amines is 1. The van der Waals surface area contributed by atoms with Gasteiger partial charge in [0.2, 0.25) is 0 Å². The van der Waals surface area contributed by atoms with Crippen molar-refractivity contribution in [1.82, 2.24) is 30.0 Å². The first-order valence-electron chi connectivity index (χ1n) is 6.69. The number of hydrogen-bond acceptors (Lipinski definition) is 5. The number of carbonyl (C=O) groups is 1. The van der Waals surface area contributed by atoms with Crippen molar-refractivity contribution in [1.29, 1.82) is 0 Å². The summed E-state index contributed by atoms with van der Waals surface area (Å²) in [6.07, 6.45) is 4.58. The summed E-state index contributed by atoms with van der Waals surface area (Å²) in [7, 11) is 0.